The number of carbonyl (C=O) groups is 1. The topological polar surface area (TPSA) is 66.8 Å². The lowest BCUT2D eigenvalue weighted by atomic mass is 10.1. The largest absolute Gasteiger partial charge is 0.481 e. The zero-order chi connectivity index (χ0) is 16.5. The van der Waals surface area contributed by atoms with E-state index in [4.69, 9.17) is 10.4 Å². The number of carboxylic acid groups (broad SMARTS) is 1. The molecule has 4 heteroatoms. The van der Waals surface area contributed by atoms with E-state index in [2.05, 4.69) is 24.0 Å². The summed E-state index contributed by atoms with van der Waals surface area (Å²) in [4.78, 5) is 14.8. The zero-order valence-corrected chi connectivity index (χ0v) is 13.9. The van der Waals surface area contributed by atoms with Crippen LogP contribution in [-0.4, -0.2) is 16.3 Å². The summed E-state index contributed by atoms with van der Waals surface area (Å²) >= 11 is 0. The molecule has 0 bridgehead atoms. The minimum atomic E-state index is -0.712. The average Bonchev–Trinajstić information content (AvgIpc) is 2.50. The normalized spacial score (nSPS) is 12.0. The monoisotopic (exact) mass is 312 g/mol. The van der Waals surface area contributed by atoms with Crippen LogP contribution in [0.15, 0.2) is 24.0 Å². The summed E-state index contributed by atoms with van der Waals surface area (Å²) in [5.74, 6) is -0.0672. The Kier molecular flexibility index (Phi) is 15.1. The summed E-state index contributed by atoms with van der Waals surface area (Å²) in [6.07, 6.45) is 17.6. The van der Waals surface area contributed by atoms with E-state index in [-0.39, 0.29) is 6.42 Å². The molecule has 0 unspecified atom stereocenters. The van der Waals surface area contributed by atoms with Gasteiger partial charge in [0, 0.05) is 12.8 Å². The molecule has 0 amide bonds. The van der Waals surface area contributed by atoms with Gasteiger partial charge in [0.2, 0.25) is 0 Å². The molecule has 0 atom stereocenters. The van der Waals surface area contributed by atoms with Gasteiger partial charge in [0.15, 0.2) is 0 Å². The predicted molar refractivity (Wildman–Crippen MR) is 89.7 cm³/mol. The van der Waals surface area contributed by atoms with Gasteiger partial charge in [0.1, 0.15) is 5.76 Å². The van der Waals surface area contributed by atoms with E-state index in [1.807, 2.05) is 6.08 Å². The maximum atomic E-state index is 10.4. The smallest absolute Gasteiger partial charge is 0.303 e. The van der Waals surface area contributed by atoms with Crippen molar-refractivity contribution >= 4 is 5.97 Å². The fourth-order valence-corrected chi connectivity index (χ4v) is 2.18. The van der Waals surface area contributed by atoms with Crippen molar-refractivity contribution in [3.63, 3.8) is 0 Å². The molecule has 0 aliphatic rings. The van der Waals surface area contributed by atoms with E-state index >= 15 is 0 Å². The highest BCUT2D eigenvalue weighted by atomic mass is 17.1. The number of hydrogen-bond donors (Lipinski definition) is 2. The number of unbranched alkanes of at least 4 members (excludes halogenated alkanes) is 7. The molecule has 0 aromatic rings. The number of rotatable bonds is 15. The van der Waals surface area contributed by atoms with Crippen molar-refractivity contribution in [1.29, 1.82) is 0 Å². The van der Waals surface area contributed by atoms with Crippen LogP contribution in [-0.2, 0) is 9.68 Å². The van der Waals surface area contributed by atoms with Crippen molar-refractivity contribution in [2.75, 3.05) is 0 Å². The zero-order valence-electron chi connectivity index (χ0n) is 13.9. The SMILES string of the molecule is CCCC/C=C/CC/C(=C/CCCCCCCC(=O)O)OO. The second-order valence-corrected chi connectivity index (χ2v) is 5.61. The highest BCUT2D eigenvalue weighted by molar-refractivity contribution is 5.66. The molecule has 0 heterocycles. The van der Waals surface area contributed by atoms with Gasteiger partial charge in [0.25, 0.3) is 0 Å². The highest BCUT2D eigenvalue weighted by Gasteiger charge is 1.98. The molecular weight excluding hydrogens is 280 g/mol. The fourth-order valence-electron chi connectivity index (χ4n) is 2.18. The Morgan fingerprint density at radius 2 is 1.59 bits per heavy atom. The first-order valence-electron chi connectivity index (χ1n) is 8.58. The van der Waals surface area contributed by atoms with Gasteiger partial charge in [-0.25, -0.2) is 5.26 Å². The Bertz CT molecular complexity index is 321. The van der Waals surface area contributed by atoms with E-state index in [1.165, 1.54) is 12.8 Å². The molecule has 0 fully saturated rings. The van der Waals surface area contributed by atoms with Crippen LogP contribution in [0, 0.1) is 0 Å². The first kappa shape index (κ1) is 20.7. The van der Waals surface area contributed by atoms with Crippen LogP contribution in [0.25, 0.3) is 0 Å². The summed E-state index contributed by atoms with van der Waals surface area (Å²) in [5, 5.41) is 17.4. The van der Waals surface area contributed by atoms with Gasteiger partial charge >= 0.3 is 5.97 Å². The van der Waals surface area contributed by atoms with Crippen molar-refractivity contribution in [2.45, 2.75) is 84.0 Å². The number of aliphatic carboxylic acids is 1. The average molecular weight is 312 g/mol. The quantitative estimate of drug-likeness (QED) is 0.134. The molecule has 0 aromatic heterocycles. The first-order chi connectivity index (χ1) is 10.7. The van der Waals surface area contributed by atoms with Crippen LogP contribution < -0.4 is 0 Å². The van der Waals surface area contributed by atoms with Crippen molar-refractivity contribution < 1.29 is 20.0 Å². The van der Waals surface area contributed by atoms with Crippen molar-refractivity contribution in [2.24, 2.45) is 0 Å². The predicted octanol–water partition coefficient (Wildman–Crippen LogP) is 5.70. The molecule has 0 spiro atoms. The molecule has 0 rings (SSSR count). The summed E-state index contributed by atoms with van der Waals surface area (Å²) in [6.45, 7) is 2.18. The van der Waals surface area contributed by atoms with Crippen LogP contribution >= 0.6 is 0 Å². The summed E-state index contributed by atoms with van der Waals surface area (Å²) < 4.78 is 0. The molecule has 0 radical (unpaired) electrons. The van der Waals surface area contributed by atoms with Crippen LogP contribution in [0.4, 0.5) is 0 Å². The number of carboxylic acids is 1. The summed E-state index contributed by atoms with van der Waals surface area (Å²) in [5.41, 5.74) is 0. The summed E-state index contributed by atoms with van der Waals surface area (Å²) in [7, 11) is 0. The van der Waals surface area contributed by atoms with Gasteiger partial charge in [-0.2, -0.15) is 0 Å². The van der Waals surface area contributed by atoms with Gasteiger partial charge in [0.05, 0.1) is 0 Å². The van der Waals surface area contributed by atoms with Crippen LogP contribution in [0.1, 0.15) is 84.0 Å². The second kappa shape index (κ2) is 16.1. The third-order valence-electron chi connectivity index (χ3n) is 3.53. The Morgan fingerprint density at radius 1 is 0.909 bits per heavy atom. The molecule has 4 nitrogen and oxygen atoms in total. The molecule has 0 aliphatic heterocycles. The van der Waals surface area contributed by atoms with Crippen LogP contribution in [0.2, 0.25) is 0 Å². The minimum Gasteiger partial charge on any atom is -0.481 e. The van der Waals surface area contributed by atoms with Crippen LogP contribution in [0.3, 0.4) is 0 Å². The lowest BCUT2D eigenvalue weighted by Gasteiger charge is -2.02. The standard InChI is InChI=1S/C18H32O4/c1-2-3-4-5-8-11-14-17(22-21)15-12-9-6-7-10-13-16-18(19)20/h5,8,15,21H,2-4,6-7,9-14,16H2,1H3,(H,19,20)/b8-5+,17-15-. The van der Waals surface area contributed by atoms with Gasteiger partial charge in [-0.1, -0.05) is 51.2 Å². The van der Waals surface area contributed by atoms with Gasteiger partial charge in [-0.3, -0.25) is 4.79 Å². The molecule has 0 aliphatic carbocycles. The minimum absolute atomic E-state index is 0.272. The second-order valence-electron chi connectivity index (χ2n) is 5.61. The van der Waals surface area contributed by atoms with E-state index in [0.717, 1.165) is 57.8 Å². The molecular formula is C18H32O4. The number of hydrogen-bond acceptors (Lipinski definition) is 3. The van der Waals surface area contributed by atoms with Gasteiger partial charge in [-0.05, 0) is 38.2 Å². The van der Waals surface area contributed by atoms with Crippen molar-refractivity contribution in [1.82, 2.24) is 0 Å². The van der Waals surface area contributed by atoms with Crippen molar-refractivity contribution in [3.05, 3.63) is 24.0 Å². The number of allylic oxidation sites excluding steroid dienone is 4. The Balaban J connectivity index is 3.57. The Labute approximate surface area is 134 Å². The Hall–Kier alpha value is -1.29. The van der Waals surface area contributed by atoms with E-state index in [9.17, 15) is 4.79 Å². The maximum Gasteiger partial charge on any atom is 0.303 e. The molecule has 0 saturated carbocycles. The molecule has 0 aromatic carbocycles. The Morgan fingerprint density at radius 3 is 2.27 bits per heavy atom. The summed E-state index contributed by atoms with van der Waals surface area (Å²) in [6, 6.07) is 0. The lowest BCUT2D eigenvalue weighted by Crippen LogP contribution is -1.93. The molecule has 128 valence electrons. The highest BCUT2D eigenvalue weighted by Crippen LogP contribution is 2.12. The third kappa shape index (κ3) is 15.1. The van der Waals surface area contributed by atoms with Crippen LogP contribution in [0.5, 0.6) is 0 Å². The van der Waals surface area contributed by atoms with Gasteiger partial charge in [-0.15, -0.1) is 0 Å². The third-order valence-corrected chi connectivity index (χ3v) is 3.53. The molecule has 0 saturated heterocycles. The lowest BCUT2D eigenvalue weighted by molar-refractivity contribution is -0.205. The van der Waals surface area contributed by atoms with E-state index in [0.29, 0.717) is 5.76 Å². The van der Waals surface area contributed by atoms with E-state index < -0.39 is 5.97 Å². The van der Waals surface area contributed by atoms with Crippen molar-refractivity contribution in [3.8, 4) is 0 Å². The molecule has 22 heavy (non-hydrogen) atoms. The molecule has 2 N–H and O–H groups in total. The van der Waals surface area contributed by atoms with E-state index in [1.54, 1.807) is 0 Å². The first-order valence-corrected chi connectivity index (χ1v) is 8.58. The fraction of sp³-hybridized carbons (Fsp3) is 0.722. The maximum absolute atomic E-state index is 10.4. The van der Waals surface area contributed by atoms with Gasteiger partial charge < -0.3 is 9.99 Å².